The topological polar surface area (TPSA) is 28.2 Å². The molecular formula is C13H23N3. The molecule has 1 heterocycles. The van der Waals surface area contributed by atoms with E-state index < -0.39 is 0 Å². The molecule has 0 saturated carbocycles. The van der Waals surface area contributed by atoms with Gasteiger partial charge >= 0.3 is 0 Å². The normalized spacial score (nSPS) is 12.2. The van der Waals surface area contributed by atoms with Gasteiger partial charge in [0.15, 0.2) is 0 Å². The maximum absolute atomic E-state index is 4.56. The average molecular weight is 221 g/mol. The summed E-state index contributed by atoms with van der Waals surface area (Å²) in [5, 5.41) is 3.49. The Hall–Kier alpha value is -1.25. The van der Waals surface area contributed by atoms with Crippen LogP contribution in [0.1, 0.15) is 33.1 Å². The maximum Gasteiger partial charge on any atom is 0.130 e. The third kappa shape index (κ3) is 3.72. The average Bonchev–Trinajstić information content (AvgIpc) is 2.29. The van der Waals surface area contributed by atoms with E-state index >= 15 is 0 Å². The Bertz CT molecular complexity index is 310. The molecule has 90 valence electrons. The highest BCUT2D eigenvalue weighted by molar-refractivity contribution is 5.46. The Balaban J connectivity index is 2.68. The fourth-order valence-corrected chi connectivity index (χ4v) is 1.69. The van der Waals surface area contributed by atoms with Crippen molar-refractivity contribution in [1.82, 2.24) is 4.98 Å². The molecule has 0 bridgehead atoms. The van der Waals surface area contributed by atoms with Gasteiger partial charge in [-0.2, -0.15) is 0 Å². The number of hydrogen-bond acceptors (Lipinski definition) is 3. The molecule has 0 aliphatic heterocycles. The van der Waals surface area contributed by atoms with Gasteiger partial charge in [0.2, 0.25) is 0 Å². The fourth-order valence-electron chi connectivity index (χ4n) is 1.69. The number of rotatable bonds is 6. The van der Waals surface area contributed by atoms with Gasteiger partial charge in [-0.25, -0.2) is 4.98 Å². The van der Waals surface area contributed by atoms with Gasteiger partial charge in [-0.1, -0.05) is 26.3 Å². The van der Waals surface area contributed by atoms with E-state index in [-0.39, 0.29) is 0 Å². The van der Waals surface area contributed by atoms with Crippen LogP contribution >= 0.6 is 0 Å². The lowest BCUT2D eigenvalue weighted by Crippen LogP contribution is -2.19. The summed E-state index contributed by atoms with van der Waals surface area (Å²) in [6.07, 6.45) is 3.55. The summed E-state index contributed by atoms with van der Waals surface area (Å²) >= 11 is 0. The number of anilines is 2. The first-order valence-corrected chi connectivity index (χ1v) is 6.08. The van der Waals surface area contributed by atoms with Gasteiger partial charge < -0.3 is 10.2 Å². The van der Waals surface area contributed by atoms with Crippen molar-refractivity contribution in [1.29, 1.82) is 0 Å². The van der Waals surface area contributed by atoms with E-state index in [1.807, 2.05) is 37.2 Å². The van der Waals surface area contributed by atoms with Crippen molar-refractivity contribution in [3.8, 4) is 0 Å². The van der Waals surface area contributed by atoms with Crippen molar-refractivity contribution in [2.24, 2.45) is 0 Å². The van der Waals surface area contributed by atoms with E-state index in [2.05, 4.69) is 24.1 Å². The summed E-state index contributed by atoms with van der Waals surface area (Å²) in [5.74, 6) is 1.97. The molecule has 0 aliphatic rings. The van der Waals surface area contributed by atoms with Crippen molar-refractivity contribution < 1.29 is 0 Å². The molecule has 0 spiro atoms. The Morgan fingerprint density at radius 3 is 2.62 bits per heavy atom. The standard InChI is InChI=1S/C13H23N3/c1-5-8-11(6-2)14-12-9-7-10-13(15-12)16(3)4/h7,9-11H,5-6,8H2,1-4H3,(H,14,15). The van der Waals surface area contributed by atoms with Gasteiger partial charge in [0, 0.05) is 20.1 Å². The minimum absolute atomic E-state index is 0.537. The zero-order chi connectivity index (χ0) is 12.0. The van der Waals surface area contributed by atoms with E-state index in [1.165, 1.54) is 12.8 Å². The second kappa shape index (κ2) is 6.36. The summed E-state index contributed by atoms with van der Waals surface area (Å²) in [5.41, 5.74) is 0. The quantitative estimate of drug-likeness (QED) is 0.800. The third-order valence-electron chi connectivity index (χ3n) is 2.67. The van der Waals surface area contributed by atoms with E-state index in [0.29, 0.717) is 6.04 Å². The van der Waals surface area contributed by atoms with Crippen LogP contribution in [-0.4, -0.2) is 25.1 Å². The fraction of sp³-hybridized carbons (Fsp3) is 0.615. The molecule has 1 aromatic rings. The Kier molecular flexibility index (Phi) is 5.09. The molecule has 0 aromatic carbocycles. The number of aromatic nitrogens is 1. The van der Waals surface area contributed by atoms with Crippen LogP contribution in [0.5, 0.6) is 0 Å². The zero-order valence-electron chi connectivity index (χ0n) is 10.8. The molecule has 3 heteroatoms. The van der Waals surface area contributed by atoms with Crippen molar-refractivity contribution in [3.63, 3.8) is 0 Å². The first kappa shape index (κ1) is 12.8. The van der Waals surface area contributed by atoms with Crippen molar-refractivity contribution >= 4 is 11.6 Å². The van der Waals surface area contributed by atoms with Gasteiger partial charge in [-0.15, -0.1) is 0 Å². The van der Waals surface area contributed by atoms with Crippen molar-refractivity contribution in [3.05, 3.63) is 18.2 Å². The lowest BCUT2D eigenvalue weighted by molar-refractivity contribution is 0.620. The Morgan fingerprint density at radius 2 is 2.06 bits per heavy atom. The molecule has 0 aliphatic carbocycles. The van der Waals surface area contributed by atoms with Gasteiger partial charge in [0.1, 0.15) is 11.6 Å². The summed E-state index contributed by atoms with van der Waals surface area (Å²) in [6.45, 7) is 4.43. The second-order valence-electron chi connectivity index (χ2n) is 4.31. The number of nitrogens with one attached hydrogen (secondary N) is 1. The molecule has 0 fully saturated rings. The summed E-state index contributed by atoms with van der Waals surface area (Å²) in [7, 11) is 4.02. The SMILES string of the molecule is CCCC(CC)Nc1cccc(N(C)C)n1. The molecule has 3 nitrogen and oxygen atoms in total. The molecule has 0 radical (unpaired) electrons. The Labute approximate surface area is 98.9 Å². The van der Waals surface area contributed by atoms with E-state index in [1.54, 1.807) is 0 Å². The molecule has 1 N–H and O–H groups in total. The van der Waals surface area contributed by atoms with E-state index in [4.69, 9.17) is 0 Å². The van der Waals surface area contributed by atoms with Crippen molar-refractivity contribution in [2.75, 3.05) is 24.3 Å². The molecule has 0 saturated heterocycles. The predicted octanol–water partition coefficient (Wildman–Crippen LogP) is 3.14. The predicted molar refractivity (Wildman–Crippen MR) is 71.2 cm³/mol. The summed E-state index contributed by atoms with van der Waals surface area (Å²) in [6, 6.07) is 6.63. The molecule has 1 aromatic heterocycles. The van der Waals surface area contributed by atoms with Gasteiger partial charge in [-0.3, -0.25) is 0 Å². The monoisotopic (exact) mass is 221 g/mol. The van der Waals surface area contributed by atoms with Gasteiger partial charge in [0.05, 0.1) is 0 Å². The Morgan fingerprint density at radius 1 is 1.31 bits per heavy atom. The van der Waals surface area contributed by atoms with Crippen LogP contribution < -0.4 is 10.2 Å². The van der Waals surface area contributed by atoms with Crippen LogP contribution in [0, 0.1) is 0 Å². The number of pyridine rings is 1. The highest BCUT2D eigenvalue weighted by atomic mass is 15.2. The van der Waals surface area contributed by atoms with Crippen LogP contribution in [0.2, 0.25) is 0 Å². The highest BCUT2D eigenvalue weighted by Crippen LogP contribution is 2.14. The molecule has 0 amide bonds. The minimum Gasteiger partial charge on any atom is -0.367 e. The smallest absolute Gasteiger partial charge is 0.130 e. The molecule has 1 unspecified atom stereocenters. The third-order valence-corrected chi connectivity index (χ3v) is 2.67. The van der Waals surface area contributed by atoms with Crippen molar-refractivity contribution in [2.45, 2.75) is 39.2 Å². The largest absolute Gasteiger partial charge is 0.367 e. The minimum atomic E-state index is 0.537. The number of hydrogen-bond donors (Lipinski definition) is 1. The van der Waals surface area contributed by atoms with Crippen LogP contribution in [0.25, 0.3) is 0 Å². The van der Waals surface area contributed by atoms with Gasteiger partial charge in [0.25, 0.3) is 0 Å². The number of nitrogens with zero attached hydrogens (tertiary/aromatic N) is 2. The lowest BCUT2D eigenvalue weighted by Gasteiger charge is -2.18. The van der Waals surface area contributed by atoms with Crippen LogP contribution in [0.4, 0.5) is 11.6 Å². The van der Waals surface area contributed by atoms with Crippen LogP contribution in [-0.2, 0) is 0 Å². The first-order chi connectivity index (χ1) is 7.67. The maximum atomic E-state index is 4.56. The van der Waals surface area contributed by atoms with E-state index in [0.717, 1.165) is 18.1 Å². The zero-order valence-corrected chi connectivity index (χ0v) is 10.8. The molecule has 16 heavy (non-hydrogen) atoms. The van der Waals surface area contributed by atoms with Crippen LogP contribution in [0.3, 0.4) is 0 Å². The summed E-state index contributed by atoms with van der Waals surface area (Å²) in [4.78, 5) is 6.58. The molecule has 1 atom stereocenters. The lowest BCUT2D eigenvalue weighted by atomic mass is 10.1. The first-order valence-electron chi connectivity index (χ1n) is 6.08. The molecular weight excluding hydrogens is 198 g/mol. The second-order valence-corrected chi connectivity index (χ2v) is 4.31. The molecule has 1 rings (SSSR count). The van der Waals surface area contributed by atoms with Crippen LogP contribution in [0.15, 0.2) is 18.2 Å². The summed E-state index contributed by atoms with van der Waals surface area (Å²) < 4.78 is 0. The highest BCUT2D eigenvalue weighted by Gasteiger charge is 2.06. The van der Waals surface area contributed by atoms with Gasteiger partial charge in [-0.05, 0) is 25.0 Å². The van der Waals surface area contributed by atoms with E-state index in [9.17, 15) is 0 Å².